The van der Waals surface area contributed by atoms with Crippen LogP contribution in [0.5, 0.6) is 5.75 Å². The van der Waals surface area contributed by atoms with Crippen LogP contribution in [0, 0.1) is 5.92 Å². The van der Waals surface area contributed by atoms with E-state index in [1.165, 1.54) is 5.56 Å². The van der Waals surface area contributed by atoms with E-state index < -0.39 is 0 Å². The molecule has 34 heavy (non-hydrogen) atoms. The Kier molecular flexibility index (Phi) is 6.37. The molecule has 172 valence electrons. The average Bonchev–Trinajstić information content (AvgIpc) is 2.86. The van der Waals surface area contributed by atoms with Crippen molar-refractivity contribution in [3.05, 3.63) is 100 Å². The molecule has 5 rings (SSSR count). The number of ether oxygens (including phenoxy) is 1. The maximum absolute atomic E-state index is 13.1. The summed E-state index contributed by atoms with van der Waals surface area (Å²) in [7, 11) is 0. The maximum atomic E-state index is 13.1. The molecule has 0 radical (unpaired) electrons. The van der Waals surface area contributed by atoms with Crippen LogP contribution in [0.15, 0.2) is 78.6 Å². The number of anilines is 1. The van der Waals surface area contributed by atoms with Crippen LogP contribution in [-0.4, -0.2) is 29.8 Å². The van der Waals surface area contributed by atoms with Gasteiger partial charge in [-0.2, -0.15) is 0 Å². The average molecular weight is 473 g/mol. The predicted octanol–water partition coefficient (Wildman–Crippen LogP) is 5.81. The summed E-state index contributed by atoms with van der Waals surface area (Å²) < 4.78 is 5.82. The van der Waals surface area contributed by atoms with Gasteiger partial charge in [0.1, 0.15) is 0 Å². The number of likely N-dealkylation sites (tertiary alicyclic amines) is 1. The van der Waals surface area contributed by atoms with Gasteiger partial charge in [-0.05, 0) is 72.7 Å². The number of hydrogen-bond donors (Lipinski definition) is 1. The second-order valence-corrected chi connectivity index (χ2v) is 9.19. The number of piperidine rings is 1. The first kappa shape index (κ1) is 22.2. The van der Waals surface area contributed by atoms with E-state index in [0.717, 1.165) is 37.9 Å². The summed E-state index contributed by atoms with van der Waals surface area (Å²) in [6.07, 6.45) is 4.69. The number of amides is 2. The Morgan fingerprint density at radius 1 is 1.03 bits per heavy atom. The number of carbonyl (C=O) groups is 2. The molecule has 6 heteroatoms. The monoisotopic (exact) mass is 472 g/mol. The van der Waals surface area contributed by atoms with Crippen molar-refractivity contribution in [1.82, 2.24) is 4.90 Å². The molecule has 0 saturated carbocycles. The highest BCUT2D eigenvalue weighted by molar-refractivity contribution is 6.30. The van der Waals surface area contributed by atoms with E-state index in [-0.39, 0.29) is 17.6 Å². The number of rotatable bonds is 4. The Bertz CT molecular complexity index is 1230. The molecule has 3 aromatic rings. The van der Waals surface area contributed by atoms with Gasteiger partial charge in [0.05, 0.1) is 5.69 Å². The zero-order valence-electron chi connectivity index (χ0n) is 18.7. The van der Waals surface area contributed by atoms with Gasteiger partial charge < -0.3 is 15.0 Å². The van der Waals surface area contributed by atoms with Crippen molar-refractivity contribution in [3.8, 4) is 5.75 Å². The van der Waals surface area contributed by atoms with Crippen molar-refractivity contribution in [2.45, 2.75) is 19.3 Å². The largest absolute Gasteiger partial charge is 0.449 e. The van der Waals surface area contributed by atoms with Crippen LogP contribution in [0.2, 0.25) is 5.02 Å². The molecule has 0 bridgehead atoms. The van der Waals surface area contributed by atoms with E-state index in [1.807, 2.05) is 23.1 Å². The van der Waals surface area contributed by atoms with E-state index in [1.54, 1.807) is 36.4 Å². The van der Waals surface area contributed by atoms with Crippen molar-refractivity contribution >= 4 is 35.2 Å². The molecular weight excluding hydrogens is 448 g/mol. The number of hydrogen-bond acceptors (Lipinski definition) is 3. The summed E-state index contributed by atoms with van der Waals surface area (Å²) >= 11 is 5.92. The highest BCUT2D eigenvalue weighted by Crippen LogP contribution is 2.33. The Balaban J connectivity index is 1.23. The Labute approximate surface area is 204 Å². The highest BCUT2D eigenvalue weighted by Gasteiger charge is 2.27. The summed E-state index contributed by atoms with van der Waals surface area (Å²) in [6.45, 7) is 1.48. The third-order valence-corrected chi connectivity index (χ3v) is 6.61. The molecule has 0 aromatic heterocycles. The Hall–Kier alpha value is -3.57. The summed E-state index contributed by atoms with van der Waals surface area (Å²) in [6, 6.07) is 22.8. The predicted molar refractivity (Wildman–Crippen MR) is 134 cm³/mol. The zero-order chi connectivity index (χ0) is 23.5. The SMILES string of the molecule is O=C1Nc2cc(C(=O)N3CCC(Cc4ccccc4)CC3)ccc2OC1=Cc1ccc(Cl)cc1. The fourth-order valence-corrected chi connectivity index (χ4v) is 4.60. The Morgan fingerprint density at radius 3 is 2.50 bits per heavy atom. The van der Waals surface area contributed by atoms with Gasteiger partial charge >= 0.3 is 0 Å². The first-order valence-corrected chi connectivity index (χ1v) is 11.9. The normalized spacial score (nSPS) is 17.1. The lowest BCUT2D eigenvalue weighted by atomic mass is 9.90. The molecule has 3 aromatic carbocycles. The van der Waals surface area contributed by atoms with Gasteiger partial charge in [0.25, 0.3) is 11.8 Å². The topological polar surface area (TPSA) is 58.6 Å². The van der Waals surface area contributed by atoms with Crippen LogP contribution in [0.4, 0.5) is 5.69 Å². The summed E-state index contributed by atoms with van der Waals surface area (Å²) in [4.78, 5) is 27.6. The van der Waals surface area contributed by atoms with E-state index in [0.29, 0.717) is 27.9 Å². The lowest BCUT2D eigenvalue weighted by Gasteiger charge is -2.32. The van der Waals surface area contributed by atoms with Crippen LogP contribution in [0.25, 0.3) is 6.08 Å². The first-order valence-electron chi connectivity index (χ1n) is 11.5. The molecule has 2 amide bonds. The number of nitrogens with one attached hydrogen (secondary N) is 1. The number of halogens is 1. The molecule has 2 aliphatic rings. The van der Waals surface area contributed by atoms with Crippen LogP contribution in [-0.2, 0) is 11.2 Å². The molecule has 0 aliphatic carbocycles. The fraction of sp³-hybridized carbons (Fsp3) is 0.214. The Morgan fingerprint density at radius 2 is 1.76 bits per heavy atom. The molecule has 2 aliphatic heterocycles. The smallest absolute Gasteiger partial charge is 0.291 e. The van der Waals surface area contributed by atoms with E-state index in [4.69, 9.17) is 16.3 Å². The van der Waals surface area contributed by atoms with Crippen LogP contribution in [0.1, 0.15) is 34.3 Å². The van der Waals surface area contributed by atoms with Crippen molar-refractivity contribution < 1.29 is 14.3 Å². The molecule has 0 spiro atoms. The van der Waals surface area contributed by atoms with E-state index >= 15 is 0 Å². The number of carbonyl (C=O) groups excluding carboxylic acids is 2. The second kappa shape index (κ2) is 9.74. The van der Waals surface area contributed by atoms with Gasteiger partial charge in [0.2, 0.25) is 0 Å². The fourth-order valence-electron chi connectivity index (χ4n) is 4.47. The number of fused-ring (bicyclic) bond motifs is 1. The zero-order valence-corrected chi connectivity index (χ0v) is 19.4. The minimum atomic E-state index is -0.353. The first-order chi connectivity index (χ1) is 16.5. The summed E-state index contributed by atoms with van der Waals surface area (Å²) in [5, 5.41) is 3.47. The molecule has 0 atom stereocenters. The van der Waals surface area contributed by atoms with E-state index in [2.05, 4.69) is 29.6 Å². The van der Waals surface area contributed by atoms with Crippen LogP contribution < -0.4 is 10.1 Å². The molecule has 1 fully saturated rings. The molecule has 2 heterocycles. The maximum Gasteiger partial charge on any atom is 0.291 e. The highest BCUT2D eigenvalue weighted by atomic mass is 35.5. The lowest BCUT2D eigenvalue weighted by Crippen LogP contribution is -2.39. The summed E-state index contributed by atoms with van der Waals surface area (Å²) in [5.41, 5.74) is 3.21. The third-order valence-electron chi connectivity index (χ3n) is 6.36. The van der Waals surface area contributed by atoms with Crippen molar-refractivity contribution in [3.63, 3.8) is 0 Å². The van der Waals surface area contributed by atoms with Gasteiger partial charge in [-0.3, -0.25) is 9.59 Å². The van der Waals surface area contributed by atoms with Gasteiger partial charge in [-0.15, -0.1) is 0 Å². The standard InChI is InChI=1S/C28H25ClN2O3/c29-23-9-6-20(7-10-23)17-26-27(32)30-24-18-22(8-11-25(24)34-26)28(33)31-14-12-21(13-15-31)16-19-4-2-1-3-5-19/h1-11,17-18,21H,12-16H2,(H,30,32). The van der Waals surface area contributed by atoms with Crippen LogP contribution >= 0.6 is 11.6 Å². The molecule has 0 unspecified atom stereocenters. The number of nitrogens with zero attached hydrogens (tertiary/aromatic N) is 1. The van der Waals surface area contributed by atoms with Gasteiger partial charge in [-0.1, -0.05) is 54.1 Å². The number of benzene rings is 3. The molecule has 5 nitrogen and oxygen atoms in total. The van der Waals surface area contributed by atoms with E-state index in [9.17, 15) is 9.59 Å². The minimum absolute atomic E-state index is 0.0160. The molecule has 1 N–H and O–H groups in total. The molecular formula is C28H25ClN2O3. The third kappa shape index (κ3) is 5.00. The van der Waals surface area contributed by atoms with Crippen molar-refractivity contribution in [2.24, 2.45) is 5.92 Å². The summed E-state index contributed by atoms with van der Waals surface area (Å²) in [5.74, 6) is 0.923. The second-order valence-electron chi connectivity index (χ2n) is 8.75. The van der Waals surface area contributed by atoms with Crippen molar-refractivity contribution in [1.29, 1.82) is 0 Å². The quantitative estimate of drug-likeness (QED) is 0.488. The van der Waals surface area contributed by atoms with Gasteiger partial charge in [-0.25, -0.2) is 0 Å². The van der Waals surface area contributed by atoms with Crippen molar-refractivity contribution in [2.75, 3.05) is 18.4 Å². The van der Waals surface area contributed by atoms with Gasteiger partial charge in [0, 0.05) is 23.7 Å². The molecule has 1 saturated heterocycles. The lowest BCUT2D eigenvalue weighted by molar-refractivity contribution is -0.115. The van der Waals surface area contributed by atoms with Gasteiger partial charge in [0.15, 0.2) is 11.5 Å². The van der Waals surface area contributed by atoms with Crippen LogP contribution in [0.3, 0.4) is 0 Å². The minimum Gasteiger partial charge on any atom is -0.449 e.